The van der Waals surface area contributed by atoms with Gasteiger partial charge in [0.2, 0.25) is 6.20 Å². The molecule has 1 aromatic heterocycles. The first-order valence-electron chi connectivity index (χ1n) is 4.38. The summed E-state index contributed by atoms with van der Waals surface area (Å²) in [6.45, 7) is 0. The Morgan fingerprint density at radius 2 is 2.00 bits per heavy atom. The van der Waals surface area contributed by atoms with E-state index in [1.807, 2.05) is 36.5 Å². The molecule has 0 fully saturated rings. The molecule has 0 unspecified atom stereocenters. The molecular weight excluding hydrogens is 178 g/mol. The normalized spacial score (nSPS) is 10.1. The Kier molecular flexibility index (Phi) is 2.23. The van der Waals surface area contributed by atoms with Crippen molar-refractivity contribution in [2.45, 2.75) is 0 Å². The monoisotopic (exact) mass is 190 g/mol. The van der Waals surface area contributed by atoms with Crippen LogP contribution in [0.15, 0.2) is 36.5 Å². The Morgan fingerprint density at radius 3 is 2.71 bits per heavy atom. The zero-order valence-corrected chi connectivity index (χ0v) is 8.23. The van der Waals surface area contributed by atoms with Gasteiger partial charge in [0.05, 0.1) is 12.5 Å². The lowest BCUT2D eigenvalue weighted by Crippen LogP contribution is -2.40. The molecule has 0 saturated carbocycles. The highest BCUT2D eigenvalue weighted by Gasteiger charge is 2.08. The molecule has 3 nitrogen and oxygen atoms in total. The second-order valence-corrected chi connectivity index (χ2v) is 2.94. The molecule has 0 radical (unpaired) electrons. The van der Waals surface area contributed by atoms with Gasteiger partial charge in [0.1, 0.15) is 12.9 Å². The van der Waals surface area contributed by atoms with Crippen molar-refractivity contribution in [1.29, 1.82) is 0 Å². The zero-order valence-electron chi connectivity index (χ0n) is 8.23. The van der Waals surface area contributed by atoms with Gasteiger partial charge in [-0.2, -0.15) is 0 Å². The van der Waals surface area contributed by atoms with Crippen LogP contribution in [-0.2, 0) is 0 Å². The van der Waals surface area contributed by atoms with Crippen molar-refractivity contribution < 1.29 is 14.3 Å². The minimum absolute atomic E-state index is 0.853. The van der Waals surface area contributed by atoms with Crippen molar-refractivity contribution in [3.63, 3.8) is 0 Å². The van der Waals surface area contributed by atoms with Crippen LogP contribution in [-0.4, -0.2) is 14.2 Å². The molecule has 0 spiro atoms. The first kappa shape index (κ1) is 8.81. The molecule has 0 atom stereocenters. The van der Waals surface area contributed by atoms with Gasteiger partial charge in [-0.1, -0.05) is 0 Å². The summed E-state index contributed by atoms with van der Waals surface area (Å²) in [6, 6.07) is 9.82. The lowest BCUT2D eigenvalue weighted by Gasteiger charge is -2.00. The lowest BCUT2D eigenvalue weighted by atomic mass is 10.2. The standard InChI is InChI=1S/C11H12NO2/c1-13-10-5-6-11-9(8-10)4-3-7-12(11)14-2/h3-8H,1-2H3/q+1. The Hall–Kier alpha value is -1.77. The van der Waals surface area contributed by atoms with Crippen molar-refractivity contribution in [3.8, 4) is 5.75 Å². The molecule has 0 saturated heterocycles. The molecule has 0 N–H and O–H groups in total. The molecule has 72 valence electrons. The van der Waals surface area contributed by atoms with Crippen LogP contribution in [0.4, 0.5) is 0 Å². The average molecular weight is 190 g/mol. The van der Waals surface area contributed by atoms with Gasteiger partial charge in [0.15, 0.2) is 0 Å². The van der Waals surface area contributed by atoms with Gasteiger partial charge in [-0.3, -0.25) is 4.84 Å². The first-order valence-corrected chi connectivity index (χ1v) is 4.38. The van der Waals surface area contributed by atoms with Gasteiger partial charge < -0.3 is 4.74 Å². The van der Waals surface area contributed by atoms with Gasteiger partial charge in [-0.25, -0.2) is 0 Å². The summed E-state index contributed by atoms with van der Waals surface area (Å²) in [5.41, 5.74) is 1.02. The van der Waals surface area contributed by atoms with Gasteiger partial charge in [0, 0.05) is 16.9 Å². The van der Waals surface area contributed by atoms with Crippen LogP contribution < -0.4 is 14.3 Å². The van der Waals surface area contributed by atoms with E-state index in [0.717, 1.165) is 16.7 Å². The molecule has 14 heavy (non-hydrogen) atoms. The quantitative estimate of drug-likeness (QED) is 0.664. The van der Waals surface area contributed by atoms with Crippen molar-refractivity contribution >= 4 is 10.9 Å². The highest BCUT2D eigenvalue weighted by molar-refractivity contribution is 5.76. The summed E-state index contributed by atoms with van der Waals surface area (Å²) in [4.78, 5) is 5.18. The Bertz CT molecular complexity index is 454. The van der Waals surface area contributed by atoms with Crippen LogP contribution in [0.25, 0.3) is 10.9 Å². The summed E-state index contributed by atoms with van der Waals surface area (Å²) in [5, 5.41) is 1.09. The van der Waals surface area contributed by atoms with E-state index in [1.54, 1.807) is 19.0 Å². The van der Waals surface area contributed by atoms with Crippen LogP contribution in [0.2, 0.25) is 0 Å². The average Bonchev–Trinajstić information content (AvgIpc) is 2.27. The van der Waals surface area contributed by atoms with Crippen LogP contribution in [0.3, 0.4) is 0 Å². The van der Waals surface area contributed by atoms with Crippen molar-refractivity contribution in [1.82, 2.24) is 0 Å². The maximum atomic E-state index is 5.18. The number of benzene rings is 1. The van der Waals surface area contributed by atoms with E-state index < -0.39 is 0 Å². The molecule has 2 rings (SSSR count). The summed E-state index contributed by atoms with van der Waals surface area (Å²) < 4.78 is 6.86. The molecule has 0 aliphatic rings. The summed E-state index contributed by atoms with van der Waals surface area (Å²) in [5.74, 6) is 0.853. The number of rotatable bonds is 2. The number of aromatic nitrogens is 1. The summed E-state index contributed by atoms with van der Waals surface area (Å²) in [7, 11) is 3.30. The van der Waals surface area contributed by atoms with Gasteiger partial charge in [-0.05, 0) is 18.2 Å². The highest BCUT2D eigenvalue weighted by atomic mass is 16.6. The Labute approximate surface area is 82.5 Å². The van der Waals surface area contributed by atoms with Gasteiger partial charge in [0.25, 0.3) is 5.52 Å². The summed E-state index contributed by atoms with van der Waals surface area (Å²) in [6.07, 6.45) is 1.87. The zero-order chi connectivity index (χ0) is 9.97. The number of ether oxygens (including phenoxy) is 1. The SMILES string of the molecule is COc1ccc2c(ccc[n+]2OC)c1. The van der Waals surface area contributed by atoms with E-state index in [0.29, 0.717) is 0 Å². The molecule has 0 amide bonds. The van der Waals surface area contributed by atoms with Crippen LogP contribution >= 0.6 is 0 Å². The maximum absolute atomic E-state index is 5.18. The van der Waals surface area contributed by atoms with E-state index in [4.69, 9.17) is 9.57 Å². The molecule has 1 aromatic carbocycles. The number of nitrogens with zero attached hydrogens (tertiary/aromatic N) is 1. The van der Waals surface area contributed by atoms with Gasteiger partial charge in [-0.15, -0.1) is 0 Å². The highest BCUT2D eigenvalue weighted by Crippen LogP contribution is 2.17. The molecule has 0 aliphatic heterocycles. The minimum Gasteiger partial charge on any atom is -0.497 e. The lowest BCUT2D eigenvalue weighted by molar-refractivity contribution is -0.865. The topological polar surface area (TPSA) is 22.3 Å². The van der Waals surface area contributed by atoms with E-state index in [2.05, 4.69) is 0 Å². The largest absolute Gasteiger partial charge is 0.497 e. The Morgan fingerprint density at radius 1 is 1.14 bits per heavy atom. The predicted octanol–water partition coefficient (Wildman–Crippen LogP) is 1.19. The van der Waals surface area contributed by atoms with E-state index >= 15 is 0 Å². The van der Waals surface area contributed by atoms with Crippen molar-refractivity contribution in [2.24, 2.45) is 0 Å². The Balaban J connectivity index is 2.67. The minimum atomic E-state index is 0.853. The van der Waals surface area contributed by atoms with Crippen LogP contribution in [0.5, 0.6) is 5.75 Å². The number of hydrogen-bond donors (Lipinski definition) is 0. The molecule has 3 heteroatoms. The predicted molar refractivity (Wildman–Crippen MR) is 53.2 cm³/mol. The van der Waals surface area contributed by atoms with Crippen LogP contribution in [0, 0.1) is 0 Å². The van der Waals surface area contributed by atoms with Crippen molar-refractivity contribution in [3.05, 3.63) is 36.5 Å². The maximum Gasteiger partial charge on any atom is 0.264 e. The third-order valence-electron chi connectivity index (χ3n) is 2.17. The second kappa shape index (κ2) is 3.54. The first-order chi connectivity index (χ1) is 6.85. The number of hydrogen-bond acceptors (Lipinski definition) is 2. The van der Waals surface area contributed by atoms with E-state index in [-0.39, 0.29) is 0 Å². The molecular formula is C11H12NO2+. The molecule has 1 heterocycles. The second-order valence-electron chi connectivity index (χ2n) is 2.94. The third-order valence-corrected chi connectivity index (χ3v) is 2.17. The van der Waals surface area contributed by atoms with Crippen molar-refractivity contribution in [2.75, 3.05) is 14.2 Å². The van der Waals surface area contributed by atoms with E-state index in [1.165, 1.54) is 0 Å². The molecule has 2 aromatic rings. The fraction of sp³-hybridized carbons (Fsp3) is 0.182. The van der Waals surface area contributed by atoms with Gasteiger partial charge >= 0.3 is 0 Å². The number of fused-ring (bicyclic) bond motifs is 1. The third kappa shape index (κ3) is 1.37. The molecule has 0 aliphatic carbocycles. The summed E-state index contributed by atoms with van der Waals surface area (Å²) >= 11 is 0. The number of pyridine rings is 1. The van der Waals surface area contributed by atoms with E-state index in [9.17, 15) is 0 Å². The fourth-order valence-electron chi connectivity index (χ4n) is 1.46. The molecule has 0 bridgehead atoms. The fourth-order valence-corrected chi connectivity index (χ4v) is 1.46. The van der Waals surface area contributed by atoms with Crippen LogP contribution in [0.1, 0.15) is 0 Å². The number of methoxy groups -OCH3 is 1. The smallest absolute Gasteiger partial charge is 0.264 e.